The first-order chi connectivity index (χ1) is 14.5. The zero-order valence-corrected chi connectivity index (χ0v) is 18.1. The van der Waals surface area contributed by atoms with Gasteiger partial charge in [-0.3, -0.25) is 4.90 Å². The molecule has 0 radical (unpaired) electrons. The molecule has 1 aromatic heterocycles. The Morgan fingerprint density at radius 3 is 2.42 bits per heavy atom. The number of hydrogen-bond acceptors (Lipinski definition) is 4. The summed E-state index contributed by atoms with van der Waals surface area (Å²) in [5.74, 6) is -0.125. The van der Waals surface area contributed by atoms with Gasteiger partial charge in [0.25, 0.3) is 5.60 Å². The maximum absolute atomic E-state index is 14.5. The number of nitrogens with zero attached hydrogens (tertiary/aromatic N) is 1. The van der Waals surface area contributed by atoms with Crippen LogP contribution >= 0.6 is 0 Å². The van der Waals surface area contributed by atoms with E-state index in [-0.39, 0.29) is 18.6 Å². The number of furan rings is 1. The fraction of sp³-hybridized carbons (Fsp3) is 0.583. The maximum Gasteiger partial charge on any atom is 0.428 e. The van der Waals surface area contributed by atoms with Crippen LogP contribution in [0.4, 0.5) is 13.2 Å². The van der Waals surface area contributed by atoms with E-state index in [1.54, 1.807) is 4.90 Å². The molecule has 2 fully saturated rings. The van der Waals surface area contributed by atoms with Gasteiger partial charge in [0.15, 0.2) is 6.23 Å². The van der Waals surface area contributed by atoms with Gasteiger partial charge < -0.3 is 14.3 Å². The minimum atomic E-state index is -4.99. The molecule has 1 saturated carbocycles. The molecule has 1 aliphatic carbocycles. The number of halogens is 3. The fourth-order valence-corrected chi connectivity index (χ4v) is 5.33. The molecule has 2 aliphatic rings. The molecule has 0 amide bonds. The van der Waals surface area contributed by atoms with Gasteiger partial charge in [0, 0.05) is 18.0 Å². The number of hydrogen-bond donors (Lipinski definition) is 1. The zero-order valence-electron chi connectivity index (χ0n) is 18.1. The first kappa shape index (κ1) is 22.4. The molecule has 1 N–H and O–H groups in total. The Hall–Kier alpha value is -1.83. The van der Waals surface area contributed by atoms with E-state index < -0.39 is 29.3 Å². The van der Waals surface area contributed by atoms with E-state index in [4.69, 9.17) is 9.15 Å². The summed E-state index contributed by atoms with van der Waals surface area (Å²) in [6.07, 6.45) is -3.28. The molecule has 2 aromatic rings. The summed E-state index contributed by atoms with van der Waals surface area (Å²) in [6, 6.07) is 11.9. The minimum absolute atomic E-state index is 0.0674. The smallest absolute Gasteiger partial charge is 0.428 e. The summed E-state index contributed by atoms with van der Waals surface area (Å²) in [5, 5.41) is 11.3. The highest BCUT2D eigenvalue weighted by Crippen LogP contribution is 2.52. The minimum Gasteiger partial charge on any atom is -0.466 e. The predicted octanol–water partition coefficient (Wildman–Crippen LogP) is 5.47. The molecule has 4 rings (SSSR count). The van der Waals surface area contributed by atoms with Crippen LogP contribution in [0.5, 0.6) is 0 Å². The van der Waals surface area contributed by atoms with Crippen LogP contribution in [-0.4, -0.2) is 34.1 Å². The molecule has 0 spiro atoms. The Balaban J connectivity index is 1.83. The molecule has 170 valence electrons. The molecule has 0 unspecified atom stereocenters. The van der Waals surface area contributed by atoms with E-state index in [1.807, 2.05) is 44.2 Å². The fourth-order valence-electron chi connectivity index (χ4n) is 5.33. The van der Waals surface area contributed by atoms with Crippen molar-refractivity contribution in [1.29, 1.82) is 0 Å². The molecule has 1 aliphatic heterocycles. The molecule has 5 atom stereocenters. The van der Waals surface area contributed by atoms with Gasteiger partial charge in [-0.05, 0) is 50.3 Å². The number of benzene rings is 1. The van der Waals surface area contributed by atoms with E-state index >= 15 is 0 Å². The highest BCUT2D eigenvalue weighted by atomic mass is 19.4. The second kappa shape index (κ2) is 7.94. The molecule has 4 nitrogen and oxygen atoms in total. The van der Waals surface area contributed by atoms with E-state index in [9.17, 15) is 18.3 Å². The van der Waals surface area contributed by atoms with Gasteiger partial charge in [0.05, 0.1) is 12.4 Å². The van der Waals surface area contributed by atoms with Gasteiger partial charge in [-0.15, -0.1) is 0 Å². The van der Waals surface area contributed by atoms with Crippen LogP contribution in [0.25, 0.3) is 0 Å². The molecule has 7 heteroatoms. The van der Waals surface area contributed by atoms with Gasteiger partial charge in [0.1, 0.15) is 5.76 Å². The Bertz CT molecular complexity index is 868. The Morgan fingerprint density at radius 2 is 1.81 bits per heavy atom. The van der Waals surface area contributed by atoms with Crippen molar-refractivity contribution in [3.63, 3.8) is 0 Å². The molecule has 1 aromatic carbocycles. The molecule has 2 heterocycles. The second-order valence-corrected chi connectivity index (χ2v) is 9.56. The average molecular weight is 438 g/mol. The van der Waals surface area contributed by atoms with Crippen LogP contribution in [0.1, 0.15) is 51.4 Å². The number of ether oxygens (including phenoxy) is 1. The van der Waals surface area contributed by atoms with Crippen LogP contribution in [0.2, 0.25) is 0 Å². The molecule has 0 bridgehead atoms. The third-order valence-corrected chi connectivity index (χ3v) is 7.17. The quantitative estimate of drug-likeness (QED) is 0.689. The Morgan fingerprint density at radius 1 is 1.10 bits per heavy atom. The van der Waals surface area contributed by atoms with Gasteiger partial charge >= 0.3 is 6.18 Å². The van der Waals surface area contributed by atoms with Crippen molar-refractivity contribution in [2.75, 3.05) is 0 Å². The van der Waals surface area contributed by atoms with Crippen molar-refractivity contribution in [3.05, 3.63) is 60.1 Å². The SMILES string of the molecule is C[C@@H]1CC[C@@H]2[C@@H](C1)O[C@@H]([C@@](O)(c1ccco1)C(F)(F)F)N(Cc1ccccc1)C2(C)C. The predicted molar refractivity (Wildman–Crippen MR) is 110 cm³/mol. The van der Waals surface area contributed by atoms with Gasteiger partial charge in [-0.1, -0.05) is 43.7 Å². The third-order valence-electron chi connectivity index (χ3n) is 7.17. The summed E-state index contributed by atoms with van der Waals surface area (Å²) in [4.78, 5) is 1.68. The van der Waals surface area contributed by atoms with Crippen LogP contribution in [0.15, 0.2) is 53.1 Å². The number of alkyl halides is 3. The van der Waals surface area contributed by atoms with Gasteiger partial charge in [-0.25, -0.2) is 0 Å². The second-order valence-electron chi connectivity index (χ2n) is 9.56. The lowest BCUT2D eigenvalue weighted by Gasteiger charge is -2.59. The van der Waals surface area contributed by atoms with Crippen molar-refractivity contribution in [2.45, 2.75) is 76.2 Å². The standard InChI is InChI=1S/C24H30F3NO3/c1-16-11-12-18-19(14-16)31-21(23(29,24(25,26)27)20-10-7-13-30-20)28(22(18,2)3)15-17-8-5-4-6-9-17/h4-10,13,16,18-19,21,29H,11-12,14-15H2,1-3H3/t16-,18-,19-,21+,23+/m1/s1. The lowest BCUT2D eigenvalue weighted by molar-refractivity contribution is -0.370. The molecule has 1 saturated heterocycles. The number of aliphatic hydroxyl groups is 1. The monoisotopic (exact) mass is 437 g/mol. The van der Waals surface area contributed by atoms with Gasteiger partial charge in [-0.2, -0.15) is 13.2 Å². The molecular weight excluding hydrogens is 407 g/mol. The van der Waals surface area contributed by atoms with Crippen molar-refractivity contribution in [2.24, 2.45) is 11.8 Å². The first-order valence-corrected chi connectivity index (χ1v) is 10.8. The summed E-state index contributed by atoms with van der Waals surface area (Å²) >= 11 is 0. The van der Waals surface area contributed by atoms with E-state index in [1.165, 1.54) is 12.1 Å². The van der Waals surface area contributed by atoms with Crippen molar-refractivity contribution >= 4 is 0 Å². The summed E-state index contributed by atoms with van der Waals surface area (Å²) in [6.45, 7) is 6.26. The Kier molecular flexibility index (Phi) is 5.73. The molecular formula is C24H30F3NO3. The van der Waals surface area contributed by atoms with E-state index in [0.717, 1.165) is 24.7 Å². The average Bonchev–Trinajstić information content (AvgIpc) is 3.24. The number of fused-ring (bicyclic) bond motifs is 1. The highest BCUT2D eigenvalue weighted by molar-refractivity contribution is 5.20. The molecule has 31 heavy (non-hydrogen) atoms. The summed E-state index contributed by atoms with van der Waals surface area (Å²) in [7, 11) is 0. The summed E-state index contributed by atoms with van der Waals surface area (Å²) in [5.41, 5.74) is -3.07. The highest BCUT2D eigenvalue weighted by Gasteiger charge is 2.68. The zero-order chi connectivity index (χ0) is 22.4. The van der Waals surface area contributed by atoms with Crippen molar-refractivity contribution in [1.82, 2.24) is 4.90 Å². The Labute approximate surface area is 181 Å². The lowest BCUT2D eigenvalue weighted by atomic mass is 9.69. The van der Waals surface area contributed by atoms with Crippen LogP contribution < -0.4 is 0 Å². The normalized spacial score (nSPS) is 31.1. The lowest BCUT2D eigenvalue weighted by Crippen LogP contribution is -2.71. The van der Waals surface area contributed by atoms with Crippen LogP contribution in [0, 0.1) is 11.8 Å². The van der Waals surface area contributed by atoms with E-state index in [0.29, 0.717) is 12.3 Å². The largest absolute Gasteiger partial charge is 0.466 e. The summed E-state index contributed by atoms with van der Waals surface area (Å²) < 4.78 is 54.8. The van der Waals surface area contributed by atoms with Gasteiger partial charge in [0.2, 0.25) is 0 Å². The number of rotatable bonds is 4. The van der Waals surface area contributed by atoms with Crippen molar-refractivity contribution < 1.29 is 27.4 Å². The van der Waals surface area contributed by atoms with Crippen LogP contribution in [0.3, 0.4) is 0 Å². The first-order valence-electron chi connectivity index (χ1n) is 10.8. The van der Waals surface area contributed by atoms with E-state index in [2.05, 4.69) is 6.92 Å². The third kappa shape index (κ3) is 3.81. The topological polar surface area (TPSA) is 45.8 Å². The van der Waals surface area contributed by atoms with Crippen molar-refractivity contribution in [3.8, 4) is 0 Å². The maximum atomic E-state index is 14.5. The van der Waals surface area contributed by atoms with Crippen LogP contribution in [-0.2, 0) is 16.9 Å².